The Bertz CT molecular complexity index is 87.1. The highest BCUT2D eigenvalue weighted by molar-refractivity contribution is 4.74. The first-order valence-corrected chi connectivity index (χ1v) is 3.27. The van der Waals surface area contributed by atoms with Gasteiger partial charge in [0.2, 0.25) is 0 Å². The van der Waals surface area contributed by atoms with E-state index in [1.165, 1.54) is 0 Å². The number of aliphatic hydroxyl groups excluding tert-OH is 1. The fourth-order valence-electron chi connectivity index (χ4n) is 0.991. The molecule has 1 aliphatic heterocycles. The maximum atomic E-state index is 8.67. The van der Waals surface area contributed by atoms with Gasteiger partial charge in [-0.1, -0.05) is 0 Å². The molecule has 9 heavy (non-hydrogen) atoms. The number of hydrogen-bond acceptors (Lipinski definition) is 3. The lowest BCUT2D eigenvalue weighted by Crippen LogP contribution is -2.49. The van der Waals surface area contributed by atoms with Crippen LogP contribution in [0.5, 0.6) is 0 Å². The van der Waals surface area contributed by atoms with Crippen LogP contribution in [-0.4, -0.2) is 37.0 Å². The Balaban J connectivity index is 2.23. The number of morpholine rings is 1. The minimum atomic E-state index is 0.147. The lowest BCUT2D eigenvalue weighted by atomic mass is 10.2. The van der Waals surface area contributed by atoms with E-state index in [9.17, 15) is 0 Å². The summed E-state index contributed by atoms with van der Waals surface area (Å²) in [5, 5.41) is 11.9. The summed E-state index contributed by atoms with van der Waals surface area (Å²) in [6.07, 6.45) is 0. The largest absolute Gasteiger partial charge is 0.395 e. The summed E-state index contributed by atoms with van der Waals surface area (Å²) in [5.41, 5.74) is 0. The van der Waals surface area contributed by atoms with Gasteiger partial charge >= 0.3 is 0 Å². The normalized spacial score (nSPS) is 36.7. The van der Waals surface area contributed by atoms with Crippen molar-refractivity contribution in [1.82, 2.24) is 5.32 Å². The molecule has 0 unspecified atom stereocenters. The minimum absolute atomic E-state index is 0.147. The van der Waals surface area contributed by atoms with Crippen molar-refractivity contribution >= 4 is 0 Å². The third kappa shape index (κ3) is 1.93. The van der Waals surface area contributed by atoms with Crippen molar-refractivity contribution in [3.05, 3.63) is 0 Å². The molecule has 0 radical (unpaired) electrons. The molecule has 0 bridgehead atoms. The zero-order valence-electron chi connectivity index (χ0n) is 5.63. The van der Waals surface area contributed by atoms with Gasteiger partial charge in [0.25, 0.3) is 0 Å². The van der Waals surface area contributed by atoms with E-state index in [1.807, 2.05) is 6.92 Å². The molecule has 0 spiro atoms. The maximum Gasteiger partial charge on any atom is 0.0642 e. The van der Waals surface area contributed by atoms with Crippen LogP contribution in [0.25, 0.3) is 0 Å². The van der Waals surface area contributed by atoms with Crippen LogP contribution in [0.4, 0.5) is 0 Å². The second-order valence-electron chi connectivity index (χ2n) is 2.48. The molecule has 0 saturated carbocycles. The number of nitrogens with one attached hydrogen (secondary N) is 1. The summed E-state index contributed by atoms with van der Waals surface area (Å²) in [4.78, 5) is 0. The Morgan fingerprint density at radius 3 is 2.89 bits per heavy atom. The summed E-state index contributed by atoms with van der Waals surface area (Å²) in [6, 6.07) is 0.532. The molecule has 1 fully saturated rings. The Kier molecular flexibility index (Phi) is 2.45. The number of rotatable bonds is 1. The third-order valence-electron chi connectivity index (χ3n) is 1.43. The molecule has 0 aromatic rings. The van der Waals surface area contributed by atoms with Crippen molar-refractivity contribution < 1.29 is 9.84 Å². The molecule has 3 nitrogen and oxygen atoms in total. The van der Waals surface area contributed by atoms with E-state index in [1.54, 1.807) is 0 Å². The Hall–Kier alpha value is -0.120. The molecule has 1 saturated heterocycles. The van der Waals surface area contributed by atoms with E-state index in [2.05, 4.69) is 5.32 Å². The molecule has 3 heteroatoms. The van der Waals surface area contributed by atoms with E-state index in [4.69, 9.17) is 9.84 Å². The van der Waals surface area contributed by atoms with E-state index >= 15 is 0 Å². The first-order chi connectivity index (χ1) is 4.33. The van der Waals surface area contributed by atoms with Gasteiger partial charge in [-0.15, -0.1) is 0 Å². The highest BCUT2D eigenvalue weighted by Crippen LogP contribution is 1.96. The van der Waals surface area contributed by atoms with Crippen molar-refractivity contribution in [3.8, 4) is 0 Å². The molecule has 1 heterocycles. The fraction of sp³-hybridized carbons (Fsp3) is 1.00. The summed E-state index contributed by atoms with van der Waals surface area (Å²) >= 11 is 0. The van der Waals surface area contributed by atoms with E-state index in [0.29, 0.717) is 12.6 Å². The molecule has 0 aromatic carbocycles. The molecule has 1 rings (SSSR count). The summed E-state index contributed by atoms with van der Waals surface area (Å²) in [7, 11) is 0. The SMILES string of the molecule is C[C@H]1COC[C@@H](CO)N1. The molecular weight excluding hydrogens is 118 g/mol. The zero-order chi connectivity index (χ0) is 6.69. The molecule has 54 valence electrons. The van der Waals surface area contributed by atoms with E-state index in [0.717, 1.165) is 6.61 Å². The lowest BCUT2D eigenvalue weighted by molar-refractivity contribution is 0.0316. The summed E-state index contributed by atoms with van der Waals surface area (Å²) in [5.74, 6) is 0. The average molecular weight is 131 g/mol. The van der Waals surface area contributed by atoms with Crippen LogP contribution < -0.4 is 5.32 Å². The average Bonchev–Trinajstić information content (AvgIpc) is 1.88. The Morgan fingerprint density at radius 2 is 2.44 bits per heavy atom. The predicted octanol–water partition coefficient (Wildman–Crippen LogP) is -0.644. The third-order valence-corrected chi connectivity index (χ3v) is 1.43. The van der Waals surface area contributed by atoms with Crippen LogP contribution in [0.2, 0.25) is 0 Å². The van der Waals surface area contributed by atoms with Crippen molar-refractivity contribution in [2.75, 3.05) is 19.8 Å². The monoisotopic (exact) mass is 131 g/mol. The van der Waals surface area contributed by atoms with E-state index < -0.39 is 0 Å². The van der Waals surface area contributed by atoms with Crippen LogP contribution in [0.1, 0.15) is 6.92 Å². The van der Waals surface area contributed by atoms with Gasteiger partial charge in [0.15, 0.2) is 0 Å². The molecule has 2 atom stereocenters. The Labute approximate surface area is 55.0 Å². The van der Waals surface area contributed by atoms with Crippen LogP contribution in [-0.2, 0) is 4.74 Å². The van der Waals surface area contributed by atoms with Crippen molar-refractivity contribution in [1.29, 1.82) is 0 Å². The van der Waals surface area contributed by atoms with Gasteiger partial charge in [0, 0.05) is 6.04 Å². The smallest absolute Gasteiger partial charge is 0.0642 e. The first kappa shape index (κ1) is 6.99. The molecule has 0 aliphatic carbocycles. The summed E-state index contributed by atoms with van der Waals surface area (Å²) < 4.78 is 5.16. The van der Waals surface area contributed by atoms with Gasteiger partial charge in [-0.2, -0.15) is 0 Å². The standard InChI is InChI=1S/C6H13NO2/c1-5-3-9-4-6(2-8)7-5/h5-8H,2-4H2,1H3/t5-,6+/m0/s1. The fourth-order valence-corrected chi connectivity index (χ4v) is 0.991. The topological polar surface area (TPSA) is 41.5 Å². The number of aliphatic hydroxyl groups is 1. The lowest BCUT2D eigenvalue weighted by Gasteiger charge is -2.27. The van der Waals surface area contributed by atoms with Gasteiger partial charge < -0.3 is 15.2 Å². The highest BCUT2D eigenvalue weighted by Gasteiger charge is 2.16. The van der Waals surface area contributed by atoms with Crippen LogP contribution >= 0.6 is 0 Å². The van der Waals surface area contributed by atoms with Crippen LogP contribution in [0.3, 0.4) is 0 Å². The summed E-state index contributed by atoms with van der Waals surface area (Å²) in [6.45, 7) is 3.61. The molecule has 0 amide bonds. The number of hydrogen-bond donors (Lipinski definition) is 2. The molecule has 1 aliphatic rings. The van der Waals surface area contributed by atoms with Gasteiger partial charge in [-0.3, -0.25) is 0 Å². The second kappa shape index (κ2) is 3.15. The minimum Gasteiger partial charge on any atom is -0.395 e. The Morgan fingerprint density at radius 1 is 1.67 bits per heavy atom. The van der Waals surface area contributed by atoms with Crippen molar-refractivity contribution in [3.63, 3.8) is 0 Å². The zero-order valence-corrected chi connectivity index (χ0v) is 5.63. The highest BCUT2D eigenvalue weighted by atomic mass is 16.5. The molecule has 0 aromatic heterocycles. The van der Waals surface area contributed by atoms with Gasteiger partial charge in [0.1, 0.15) is 0 Å². The first-order valence-electron chi connectivity index (χ1n) is 3.27. The molecule has 2 N–H and O–H groups in total. The van der Waals surface area contributed by atoms with Crippen LogP contribution in [0, 0.1) is 0 Å². The van der Waals surface area contributed by atoms with Crippen molar-refractivity contribution in [2.45, 2.75) is 19.0 Å². The van der Waals surface area contributed by atoms with Gasteiger partial charge in [0.05, 0.1) is 25.9 Å². The predicted molar refractivity (Wildman–Crippen MR) is 34.3 cm³/mol. The second-order valence-corrected chi connectivity index (χ2v) is 2.48. The van der Waals surface area contributed by atoms with Crippen molar-refractivity contribution in [2.24, 2.45) is 0 Å². The van der Waals surface area contributed by atoms with Crippen LogP contribution in [0.15, 0.2) is 0 Å². The maximum absolute atomic E-state index is 8.67. The molecular formula is C6H13NO2. The van der Waals surface area contributed by atoms with Gasteiger partial charge in [-0.25, -0.2) is 0 Å². The number of ether oxygens (including phenoxy) is 1. The van der Waals surface area contributed by atoms with Gasteiger partial charge in [-0.05, 0) is 6.92 Å². The van der Waals surface area contributed by atoms with E-state index in [-0.39, 0.29) is 12.6 Å². The quantitative estimate of drug-likeness (QED) is 0.497.